The second-order valence-corrected chi connectivity index (χ2v) is 11.1. The van der Waals surface area contributed by atoms with Crippen molar-refractivity contribution in [1.82, 2.24) is 20.2 Å². The molecule has 4 heterocycles. The summed E-state index contributed by atoms with van der Waals surface area (Å²) in [6, 6.07) is 7.68. The minimum absolute atomic E-state index is 0.0762. The van der Waals surface area contributed by atoms with Gasteiger partial charge >= 0.3 is 6.18 Å². The summed E-state index contributed by atoms with van der Waals surface area (Å²) in [5, 5.41) is 6.48. The number of carbonyl (C=O) groups is 1. The van der Waals surface area contributed by atoms with E-state index in [2.05, 4.69) is 31.6 Å². The summed E-state index contributed by atoms with van der Waals surface area (Å²) in [4.78, 5) is 26.4. The Labute approximate surface area is 221 Å². The van der Waals surface area contributed by atoms with Crippen LogP contribution in [0.3, 0.4) is 0 Å². The van der Waals surface area contributed by atoms with Gasteiger partial charge in [0.05, 0.1) is 10.6 Å². The Morgan fingerprint density at radius 1 is 1.16 bits per heavy atom. The first-order valence-corrected chi connectivity index (χ1v) is 13.9. The van der Waals surface area contributed by atoms with Crippen LogP contribution >= 0.6 is 23.1 Å². The maximum Gasteiger partial charge on any atom is 0.420 e. The normalized spacial score (nSPS) is 16.5. The van der Waals surface area contributed by atoms with E-state index in [0.29, 0.717) is 26.9 Å². The average molecular weight is 549 g/mol. The van der Waals surface area contributed by atoms with Gasteiger partial charge in [0.25, 0.3) is 5.91 Å². The summed E-state index contributed by atoms with van der Waals surface area (Å²) in [6.45, 7) is 6.31. The van der Waals surface area contributed by atoms with Crippen LogP contribution in [0.1, 0.15) is 27.7 Å². The van der Waals surface area contributed by atoms with Gasteiger partial charge in [0.2, 0.25) is 5.95 Å². The fourth-order valence-corrected chi connectivity index (χ4v) is 6.82. The van der Waals surface area contributed by atoms with Crippen molar-refractivity contribution in [1.29, 1.82) is 0 Å². The van der Waals surface area contributed by atoms with Crippen LogP contribution in [0.15, 0.2) is 35.4 Å². The van der Waals surface area contributed by atoms with Gasteiger partial charge in [-0.1, -0.05) is 6.92 Å². The maximum absolute atomic E-state index is 13.9. The monoisotopic (exact) mass is 548 g/mol. The van der Waals surface area contributed by atoms with Crippen LogP contribution in [-0.4, -0.2) is 66.3 Å². The van der Waals surface area contributed by atoms with Crippen LogP contribution in [0.5, 0.6) is 0 Å². The lowest BCUT2D eigenvalue weighted by Crippen LogP contribution is -2.43. The van der Waals surface area contributed by atoms with Crippen LogP contribution in [0, 0.1) is 0 Å². The van der Waals surface area contributed by atoms with E-state index in [0.717, 1.165) is 67.1 Å². The maximum atomic E-state index is 13.9. The van der Waals surface area contributed by atoms with Gasteiger partial charge in [-0.2, -0.15) is 13.2 Å². The molecular weight excluding hydrogens is 521 g/mol. The van der Waals surface area contributed by atoms with E-state index in [1.54, 1.807) is 18.0 Å². The van der Waals surface area contributed by atoms with Crippen LogP contribution in [0.25, 0.3) is 10.6 Å². The Balaban J connectivity index is 1.50. The second-order valence-electron chi connectivity index (χ2n) is 8.89. The second kappa shape index (κ2) is 10.5. The first kappa shape index (κ1) is 25.8. The highest BCUT2D eigenvalue weighted by atomic mass is 32.2. The predicted molar refractivity (Wildman–Crippen MR) is 142 cm³/mol. The van der Waals surface area contributed by atoms with Gasteiger partial charge in [0, 0.05) is 68.0 Å². The van der Waals surface area contributed by atoms with E-state index >= 15 is 0 Å². The Kier molecular flexibility index (Phi) is 7.32. The molecule has 0 bridgehead atoms. The van der Waals surface area contributed by atoms with Crippen LogP contribution in [0.4, 0.5) is 30.5 Å². The van der Waals surface area contributed by atoms with Gasteiger partial charge in [-0.25, -0.2) is 9.97 Å². The molecule has 0 unspecified atom stereocenters. The number of carbonyl (C=O) groups excluding carboxylic acids is 1. The Morgan fingerprint density at radius 2 is 1.95 bits per heavy atom. The number of hydrogen-bond acceptors (Lipinski definition) is 8. The van der Waals surface area contributed by atoms with Crippen molar-refractivity contribution in [3.63, 3.8) is 0 Å². The molecule has 37 heavy (non-hydrogen) atoms. The lowest BCUT2D eigenvalue weighted by atomic mass is 10.1. The highest BCUT2D eigenvalue weighted by Crippen LogP contribution is 2.43. The number of rotatable bonds is 5. The number of thiophene rings is 1. The molecule has 0 spiro atoms. The lowest BCUT2D eigenvalue weighted by Gasteiger charge is -2.30. The smallest absolute Gasteiger partial charge is 0.369 e. The zero-order valence-electron chi connectivity index (χ0n) is 20.5. The van der Waals surface area contributed by atoms with Gasteiger partial charge in [-0.3, -0.25) is 4.79 Å². The Hall–Kier alpha value is -2.83. The standard InChI is InChI=1S/C25H27F3N6OS2/c1-3-15-12-16(34-8-6-29-7-9-34)4-5-18(15)31-24-30-14-17(25(26,27)28)21(32-24)19-13-20-22(37-19)23(35)33(2)10-11-36-20/h4-5,12-14,29H,3,6-11H2,1-2H3,(H,30,31,32). The molecule has 0 radical (unpaired) electrons. The summed E-state index contributed by atoms with van der Waals surface area (Å²) in [6.07, 6.45) is -3.08. The summed E-state index contributed by atoms with van der Waals surface area (Å²) < 4.78 is 41.8. The van der Waals surface area contributed by atoms with Crippen molar-refractivity contribution in [3.8, 4) is 10.6 Å². The lowest BCUT2D eigenvalue weighted by molar-refractivity contribution is -0.137. The fraction of sp³-hybridized carbons (Fsp3) is 0.400. The third-order valence-corrected chi connectivity index (χ3v) is 8.73. The quantitative estimate of drug-likeness (QED) is 0.459. The molecule has 196 valence electrons. The number of benzene rings is 1. The molecule has 0 atom stereocenters. The Bertz CT molecular complexity index is 1310. The third-order valence-electron chi connectivity index (χ3n) is 6.45. The number of aryl methyl sites for hydroxylation is 1. The number of fused-ring (bicyclic) bond motifs is 1. The highest BCUT2D eigenvalue weighted by Gasteiger charge is 2.37. The molecule has 2 aliphatic heterocycles. The molecule has 0 aliphatic carbocycles. The van der Waals surface area contributed by atoms with E-state index in [4.69, 9.17) is 0 Å². The zero-order chi connectivity index (χ0) is 26.2. The number of aromatic nitrogens is 2. The summed E-state index contributed by atoms with van der Waals surface area (Å²) in [7, 11) is 1.70. The number of thioether (sulfide) groups is 1. The number of halogens is 3. The first-order valence-electron chi connectivity index (χ1n) is 12.1. The number of nitrogens with one attached hydrogen (secondary N) is 2. The molecule has 3 aromatic rings. The molecule has 7 nitrogen and oxygen atoms in total. The fourth-order valence-electron chi connectivity index (χ4n) is 4.39. The summed E-state index contributed by atoms with van der Waals surface area (Å²) in [5.74, 6) is 0.569. The minimum atomic E-state index is -4.64. The van der Waals surface area contributed by atoms with Gasteiger partial charge < -0.3 is 20.4 Å². The van der Waals surface area contributed by atoms with Crippen molar-refractivity contribution in [2.24, 2.45) is 0 Å². The van der Waals surface area contributed by atoms with E-state index in [1.807, 2.05) is 19.1 Å². The van der Waals surface area contributed by atoms with Crippen molar-refractivity contribution in [2.75, 3.05) is 55.7 Å². The van der Waals surface area contributed by atoms with Crippen LogP contribution in [-0.2, 0) is 12.6 Å². The minimum Gasteiger partial charge on any atom is -0.369 e. The number of hydrogen-bond donors (Lipinski definition) is 2. The van der Waals surface area contributed by atoms with Gasteiger partial charge in [-0.15, -0.1) is 23.1 Å². The molecule has 1 aromatic carbocycles. The van der Waals surface area contributed by atoms with Crippen LogP contribution in [0.2, 0.25) is 0 Å². The highest BCUT2D eigenvalue weighted by molar-refractivity contribution is 7.99. The molecule has 2 aromatic heterocycles. The molecule has 1 fully saturated rings. The molecule has 1 saturated heterocycles. The van der Waals surface area contributed by atoms with Crippen molar-refractivity contribution < 1.29 is 18.0 Å². The number of piperazine rings is 1. The molecule has 5 rings (SSSR count). The van der Waals surface area contributed by atoms with Gasteiger partial charge in [-0.05, 0) is 36.2 Å². The van der Waals surface area contributed by atoms with Gasteiger partial charge in [0.15, 0.2) is 0 Å². The summed E-state index contributed by atoms with van der Waals surface area (Å²) >= 11 is 2.51. The van der Waals surface area contributed by atoms with Crippen molar-refractivity contribution >= 4 is 46.3 Å². The molecule has 2 N–H and O–H groups in total. The predicted octanol–water partition coefficient (Wildman–Crippen LogP) is 5.12. The zero-order valence-corrected chi connectivity index (χ0v) is 22.1. The van der Waals surface area contributed by atoms with E-state index < -0.39 is 11.7 Å². The van der Waals surface area contributed by atoms with E-state index in [1.165, 1.54) is 11.8 Å². The summed E-state index contributed by atoms with van der Waals surface area (Å²) in [5.41, 5.74) is 1.74. The SMILES string of the molecule is CCc1cc(N2CCNCC2)ccc1Nc1ncc(C(F)(F)F)c(-c2cc3c(s2)C(=O)N(C)CCS3)n1. The molecule has 1 amide bonds. The molecular formula is C25H27F3N6OS2. The molecule has 12 heteroatoms. The number of nitrogens with zero attached hydrogens (tertiary/aromatic N) is 4. The first-order chi connectivity index (χ1) is 17.7. The topological polar surface area (TPSA) is 73.4 Å². The Morgan fingerprint density at radius 3 is 2.68 bits per heavy atom. The largest absolute Gasteiger partial charge is 0.420 e. The van der Waals surface area contributed by atoms with Crippen LogP contribution < -0.4 is 15.5 Å². The number of amides is 1. The number of alkyl halides is 3. The molecule has 2 aliphatic rings. The third kappa shape index (κ3) is 5.41. The molecule has 0 saturated carbocycles. The van der Waals surface area contributed by atoms with E-state index in [9.17, 15) is 18.0 Å². The van der Waals surface area contributed by atoms with Crippen molar-refractivity contribution in [2.45, 2.75) is 24.4 Å². The van der Waals surface area contributed by atoms with E-state index in [-0.39, 0.29) is 17.5 Å². The average Bonchev–Trinajstić information content (AvgIpc) is 3.27. The van der Waals surface area contributed by atoms with Crippen molar-refractivity contribution in [3.05, 3.63) is 46.5 Å². The van der Waals surface area contributed by atoms with Gasteiger partial charge in [0.1, 0.15) is 10.4 Å². The number of anilines is 3.